The Balaban J connectivity index is 3.63. The maximum absolute atomic E-state index is 11.6. The highest BCUT2D eigenvalue weighted by molar-refractivity contribution is 4.61. The molecule has 0 radical (unpaired) electrons. The largest absolute Gasteiger partial charge is 0.391 e. The fraction of sp³-hybridized carbons (Fsp3) is 1.00. The third kappa shape index (κ3) is 4.55. The minimum absolute atomic E-state index is 1.05. The Kier molecular flexibility index (Phi) is 3.63. The lowest BCUT2D eigenvalue weighted by Gasteiger charge is -2.12. The molecule has 0 saturated carbocycles. The van der Waals surface area contributed by atoms with Crippen molar-refractivity contribution >= 4 is 0 Å². The van der Waals surface area contributed by atoms with Gasteiger partial charge in [-0.05, 0) is 0 Å². The van der Waals surface area contributed by atoms with E-state index in [1.165, 1.54) is 0 Å². The fourth-order valence-corrected chi connectivity index (χ4v) is 0.459. The molecule has 1 atom stereocenters. The summed E-state index contributed by atoms with van der Waals surface area (Å²) in [5, 5.41) is 0. The second-order valence-corrected chi connectivity index (χ2v) is 1.83. The monoisotopic (exact) mass is 160 g/mol. The van der Waals surface area contributed by atoms with Crippen LogP contribution in [-0.4, -0.2) is 26.1 Å². The molecule has 0 aromatic carbocycles. The summed E-state index contributed by atoms with van der Waals surface area (Å²) < 4.78 is 50.0. The van der Waals surface area contributed by atoms with Crippen molar-refractivity contribution in [2.45, 2.75) is 18.7 Å². The van der Waals surface area contributed by atoms with Gasteiger partial charge in [-0.2, -0.15) is 13.2 Å². The summed E-state index contributed by atoms with van der Waals surface area (Å²) in [7, 11) is 1.05. The third-order valence-electron chi connectivity index (χ3n) is 0.965. The molecule has 0 N–H and O–H groups in total. The van der Waals surface area contributed by atoms with E-state index in [-0.39, 0.29) is 0 Å². The molecule has 0 heterocycles. The topological polar surface area (TPSA) is 9.23 Å². The Morgan fingerprint density at radius 1 is 1.40 bits per heavy atom. The first-order valence-electron chi connectivity index (χ1n) is 2.65. The molecular formula is C5H8F4O. The highest BCUT2D eigenvalue weighted by Gasteiger charge is 2.31. The zero-order valence-corrected chi connectivity index (χ0v) is 5.41. The molecule has 0 aliphatic heterocycles. The van der Waals surface area contributed by atoms with Crippen molar-refractivity contribution in [3.05, 3.63) is 0 Å². The summed E-state index contributed by atoms with van der Waals surface area (Å²) in [5.74, 6) is 0. The first kappa shape index (κ1) is 9.68. The van der Waals surface area contributed by atoms with Crippen LogP contribution >= 0.6 is 0 Å². The summed E-state index contributed by atoms with van der Waals surface area (Å²) in [6, 6.07) is 0. The molecule has 0 aromatic heterocycles. The second kappa shape index (κ2) is 3.75. The average Bonchev–Trinajstić information content (AvgIpc) is 1.81. The molecule has 0 rings (SSSR count). The predicted molar refractivity (Wildman–Crippen MR) is 27.4 cm³/mol. The first-order valence-corrected chi connectivity index (χ1v) is 2.65. The molecule has 0 amide bonds. The molecule has 0 aliphatic carbocycles. The van der Waals surface area contributed by atoms with Crippen molar-refractivity contribution in [1.29, 1.82) is 0 Å². The van der Waals surface area contributed by atoms with Gasteiger partial charge in [0.25, 0.3) is 0 Å². The van der Waals surface area contributed by atoms with Crippen LogP contribution < -0.4 is 0 Å². The second-order valence-electron chi connectivity index (χ2n) is 1.83. The Morgan fingerprint density at radius 3 is 2.00 bits per heavy atom. The lowest BCUT2D eigenvalue weighted by atomic mass is 10.3. The van der Waals surface area contributed by atoms with Crippen molar-refractivity contribution in [2.24, 2.45) is 0 Å². The SMILES string of the molecule is COC(CF)CC(F)(F)F. The third-order valence-corrected chi connectivity index (χ3v) is 0.965. The normalized spacial score (nSPS) is 15.3. The number of methoxy groups -OCH3 is 1. The zero-order chi connectivity index (χ0) is 8.20. The minimum Gasteiger partial charge on any atom is -0.378 e. The van der Waals surface area contributed by atoms with Gasteiger partial charge in [-0.3, -0.25) is 0 Å². The molecule has 1 nitrogen and oxygen atoms in total. The van der Waals surface area contributed by atoms with Gasteiger partial charge >= 0.3 is 6.18 Å². The van der Waals surface area contributed by atoms with Crippen molar-refractivity contribution in [3.8, 4) is 0 Å². The Bertz CT molecular complexity index is 86.1. The molecule has 0 aliphatic rings. The summed E-state index contributed by atoms with van der Waals surface area (Å²) in [4.78, 5) is 0. The summed E-state index contributed by atoms with van der Waals surface area (Å²) in [5.41, 5.74) is 0. The number of ether oxygens (including phenoxy) is 1. The van der Waals surface area contributed by atoms with Crippen molar-refractivity contribution < 1.29 is 22.3 Å². The van der Waals surface area contributed by atoms with Gasteiger partial charge in [0, 0.05) is 7.11 Å². The number of hydrogen-bond acceptors (Lipinski definition) is 1. The smallest absolute Gasteiger partial charge is 0.378 e. The molecular weight excluding hydrogens is 152 g/mol. The van der Waals surface area contributed by atoms with Gasteiger partial charge in [0.2, 0.25) is 0 Å². The van der Waals surface area contributed by atoms with Crippen LogP contribution in [0.25, 0.3) is 0 Å². The number of halogens is 4. The minimum atomic E-state index is -4.34. The molecule has 62 valence electrons. The van der Waals surface area contributed by atoms with Crippen molar-refractivity contribution in [2.75, 3.05) is 13.8 Å². The van der Waals surface area contributed by atoms with Gasteiger partial charge in [-0.1, -0.05) is 0 Å². The van der Waals surface area contributed by atoms with Crippen LogP contribution in [0.2, 0.25) is 0 Å². The molecule has 0 saturated heterocycles. The van der Waals surface area contributed by atoms with Gasteiger partial charge in [0.15, 0.2) is 0 Å². The van der Waals surface area contributed by atoms with E-state index >= 15 is 0 Å². The highest BCUT2D eigenvalue weighted by Crippen LogP contribution is 2.22. The van der Waals surface area contributed by atoms with Crippen LogP contribution in [0.3, 0.4) is 0 Å². The summed E-state index contributed by atoms with van der Waals surface area (Å²) in [6.45, 7) is -1.10. The Labute approximate surface area is 56.0 Å². The Morgan fingerprint density at radius 2 is 1.90 bits per heavy atom. The number of hydrogen-bond donors (Lipinski definition) is 0. The Hall–Kier alpha value is -0.320. The maximum atomic E-state index is 11.6. The van der Waals surface area contributed by atoms with Crippen LogP contribution in [0.1, 0.15) is 6.42 Å². The zero-order valence-electron chi connectivity index (χ0n) is 5.41. The quantitative estimate of drug-likeness (QED) is 0.573. The standard InChI is InChI=1S/C5H8F4O/c1-10-4(3-6)2-5(7,8)9/h4H,2-3H2,1H3. The molecule has 5 heteroatoms. The van der Waals surface area contributed by atoms with Crippen LogP contribution in [0.5, 0.6) is 0 Å². The lowest BCUT2D eigenvalue weighted by Crippen LogP contribution is -2.22. The van der Waals surface area contributed by atoms with E-state index in [1.807, 2.05) is 0 Å². The first-order chi connectivity index (χ1) is 4.49. The summed E-state index contributed by atoms with van der Waals surface area (Å²) in [6.07, 6.45) is -6.91. The van der Waals surface area contributed by atoms with E-state index in [4.69, 9.17) is 0 Å². The van der Waals surface area contributed by atoms with Crippen LogP contribution in [0.4, 0.5) is 17.6 Å². The van der Waals surface area contributed by atoms with E-state index in [0.717, 1.165) is 7.11 Å². The van der Waals surface area contributed by atoms with E-state index < -0.39 is 25.4 Å². The van der Waals surface area contributed by atoms with Crippen molar-refractivity contribution in [3.63, 3.8) is 0 Å². The van der Waals surface area contributed by atoms with E-state index in [2.05, 4.69) is 4.74 Å². The van der Waals surface area contributed by atoms with E-state index in [9.17, 15) is 17.6 Å². The molecule has 0 fully saturated rings. The molecule has 1 unspecified atom stereocenters. The van der Waals surface area contributed by atoms with E-state index in [0.29, 0.717) is 0 Å². The van der Waals surface area contributed by atoms with Crippen LogP contribution in [0.15, 0.2) is 0 Å². The van der Waals surface area contributed by atoms with Gasteiger partial charge in [-0.15, -0.1) is 0 Å². The summed E-state index contributed by atoms with van der Waals surface area (Å²) >= 11 is 0. The van der Waals surface area contributed by atoms with Crippen LogP contribution in [0, 0.1) is 0 Å². The number of alkyl halides is 4. The van der Waals surface area contributed by atoms with Crippen LogP contribution in [-0.2, 0) is 4.74 Å². The lowest BCUT2D eigenvalue weighted by molar-refractivity contribution is -0.158. The van der Waals surface area contributed by atoms with Crippen molar-refractivity contribution in [1.82, 2.24) is 0 Å². The highest BCUT2D eigenvalue weighted by atomic mass is 19.4. The van der Waals surface area contributed by atoms with Gasteiger partial charge in [0.05, 0.1) is 12.5 Å². The average molecular weight is 160 g/mol. The van der Waals surface area contributed by atoms with E-state index in [1.54, 1.807) is 0 Å². The molecule has 10 heavy (non-hydrogen) atoms. The number of rotatable bonds is 3. The van der Waals surface area contributed by atoms with Gasteiger partial charge < -0.3 is 4.74 Å². The molecule has 0 aromatic rings. The molecule has 0 spiro atoms. The maximum Gasteiger partial charge on any atom is 0.391 e. The fourth-order valence-electron chi connectivity index (χ4n) is 0.459. The van der Waals surface area contributed by atoms with Gasteiger partial charge in [-0.25, -0.2) is 4.39 Å². The van der Waals surface area contributed by atoms with Gasteiger partial charge in [0.1, 0.15) is 6.67 Å². The predicted octanol–water partition coefficient (Wildman–Crippen LogP) is 1.92. The molecule has 0 bridgehead atoms.